The van der Waals surface area contributed by atoms with Gasteiger partial charge in [0.2, 0.25) is 0 Å². The molecule has 7 nitrogen and oxygen atoms in total. The molecule has 0 aromatic heterocycles. The highest BCUT2D eigenvalue weighted by atomic mass is 16.5. The fourth-order valence-electron chi connectivity index (χ4n) is 3.79. The molecular formula is C17H19N3O4. The molecule has 1 aromatic carbocycles. The largest absolute Gasteiger partial charge is 0.495 e. The van der Waals surface area contributed by atoms with E-state index >= 15 is 0 Å². The number of rotatable bonds is 3. The Morgan fingerprint density at radius 2 is 1.96 bits per heavy atom. The third-order valence-corrected chi connectivity index (χ3v) is 5.27. The average Bonchev–Trinajstić information content (AvgIpc) is 3.04. The molecule has 1 saturated carbocycles. The number of carbonyl (C=O) groups is 3. The Morgan fingerprint density at radius 1 is 1.21 bits per heavy atom. The van der Waals surface area contributed by atoms with Crippen LogP contribution in [0.1, 0.15) is 25.7 Å². The molecule has 2 heterocycles. The van der Waals surface area contributed by atoms with Gasteiger partial charge >= 0.3 is 6.03 Å². The molecule has 2 saturated heterocycles. The first kappa shape index (κ1) is 15.0. The van der Waals surface area contributed by atoms with Crippen LogP contribution in [0.25, 0.3) is 0 Å². The summed E-state index contributed by atoms with van der Waals surface area (Å²) in [6.45, 7) is 0.452. The highest BCUT2D eigenvalue weighted by Crippen LogP contribution is 2.40. The molecule has 7 heteroatoms. The van der Waals surface area contributed by atoms with Crippen LogP contribution in [0.5, 0.6) is 5.75 Å². The lowest BCUT2D eigenvalue weighted by atomic mass is 9.77. The molecule has 24 heavy (non-hydrogen) atoms. The lowest BCUT2D eigenvalue weighted by molar-refractivity contribution is -0.138. The molecule has 0 radical (unpaired) electrons. The Labute approximate surface area is 139 Å². The third kappa shape index (κ3) is 1.93. The number of anilines is 1. The van der Waals surface area contributed by atoms with Gasteiger partial charge in [0.05, 0.1) is 12.8 Å². The van der Waals surface area contributed by atoms with Crippen LogP contribution in [-0.2, 0) is 9.59 Å². The van der Waals surface area contributed by atoms with Gasteiger partial charge in [-0.25, -0.2) is 9.69 Å². The maximum absolute atomic E-state index is 12.9. The van der Waals surface area contributed by atoms with Crippen LogP contribution in [0.2, 0.25) is 0 Å². The molecular weight excluding hydrogens is 310 g/mol. The standard InChI is InChI=1S/C17H19N3O4/c1-24-13-6-3-2-5-11(13)19-10-7-12(14(19)21)20-15(22)17(8-4-9-17)18-16(20)23/h2-3,5-6,12H,4,7-10H2,1H3,(H,18,23). The molecule has 2 aliphatic heterocycles. The van der Waals surface area contributed by atoms with Crippen LogP contribution in [0.4, 0.5) is 10.5 Å². The van der Waals surface area contributed by atoms with E-state index in [-0.39, 0.29) is 11.8 Å². The number of hydrogen-bond acceptors (Lipinski definition) is 4. The van der Waals surface area contributed by atoms with E-state index in [0.717, 1.165) is 11.3 Å². The van der Waals surface area contributed by atoms with Crippen molar-refractivity contribution in [3.05, 3.63) is 24.3 Å². The summed E-state index contributed by atoms with van der Waals surface area (Å²) in [4.78, 5) is 40.6. The first-order chi connectivity index (χ1) is 11.6. The third-order valence-electron chi connectivity index (χ3n) is 5.27. The minimum absolute atomic E-state index is 0.237. The van der Waals surface area contributed by atoms with E-state index in [1.54, 1.807) is 24.1 Å². The maximum atomic E-state index is 12.9. The number of para-hydroxylation sites is 2. The second-order valence-corrected chi connectivity index (χ2v) is 6.51. The second-order valence-electron chi connectivity index (χ2n) is 6.51. The van der Waals surface area contributed by atoms with Gasteiger partial charge in [-0.2, -0.15) is 0 Å². The molecule has 3 fully saturated rings. The van der Waals surface area contributed by atoms with Gasteiger partial charge in [0.25, 0.3) is 11.8 Å². The summed E-state index contributed by atoms with van der Waals surface area (Å²) in [6.07, 6.45) is 2.67. The topological polar surface area (TPSA) is 79.0 Å². The van der Waals surface area contributed by atoms with Gasteiger partial charge in [0.15, 0.2) is 0 Å². The molecule has 1 aliphatic carbocycles. The number of amides is 4. The first-order valence-corrected chi connectivity index (χ1v) is 8.17. The van der Waals surface area contributed by atoms with Crippen LogP contribution < -0.4 is 15.0 Å². The van der Waals surface area contributed by atoms with Crippen molar-refractivity contribution in [2.24, 2.45) is 0 Å². The van der Waals surface area contributed by atoms with Crippen molar-refractivity contribution in [3.8, 4) is 5.75 Å². The number of methoxy groups -OCH3 is 1. The second kappa shape index (κ2) is 5.22. The van der Waals surface area contributed by atoms with Crippen molar-refractivity contribution >= 4 is 23.5 Å². The van der Waals surface area contributed by atoms with Crippen molar-refractivity contribution in [1.29, 1.82) is 0 Å². The number of carbonyl (C=O) groups excluding carboxylic acids is 3. The minimum atomic E-state index is -0.755. The van der Waals surface area contributed by atoms with Crippen LogP contribution in [0.3, 0.4) is 0 Å². The predicted molar refractivity (Wildman–Crippen MR) is 85.7 cm³/mol. The van der Waals surface area contributed by atoms with Gasteiger partial charge in [-0.3, -0.25) is 9.59 Å². The fourth-order valence-corrected chi connectivity index (χ4v) is 3.79. The van der Waals surface area contributed by atoms with Crippen LogP contribution in [0, 0.1) is 0 Å². The molecule has 126 valence electrons. The Balaban J connectivity index is 1.60. The van der Waals surface area contributed by atoms with Crippen molar-refractivity contribution in [1.82, 2.24) is 10.2 Å². The maximum Gasteiger partial charge on any atom is 0.325 e. The molecule has 4 rings (SSSR count). The van der Waals surface area contributed by atoms with Crippen LogP contribution in [-0.4, -0.2) is 48.0 Å². The fraction of sp³-hybridized carbons (Fsp3) is 0.471. The van der Waals surface area contributed by atoms with E-state index in [4.69, 9.17) is 4.74 Å². The molecule has 0 bridgehead atoms. The first-order valence-electron chi connectivity index (χ1n) is 8.17. The molecule has 1 spiro atoms. The normalized spacial score (nSPS) is 25.2. The van der Waals surface area contributed by atoms with E-state index in [1.165, 1.54) is 0 Å². The number of ether oxygens (including phenoxy) is 1. The van der Waals surface area contributed by atoms with E-state index in [1.807, 2.05) is 12.1 Å². The summed E-state index contributed by atoms with van der Waals surface area (Å²) >= 11 is 0. The van der Waals surface area contributed by atoms with Crippen LogP contribution in [0.15, 0.2) is 24.3 Å². The van der Waals surface area contributed by atoms with Gasteiger partial charge in [-0.1, -0.05) is 12.1 Å². The summed E-state index contributed by atoms with van der Waals surface area (Å²) in [7, 11) is 1.55. The molecule has 1 N–H and O–H groups in total. The summed E-state index contributed by atoms with van der Waals surface area (Å²) in [5, 5.41) is 2.78. The SMILES string of the molecule is COc1ccccc1N1CCC(N2C(=O)NC3(CCC3)C2=O)C1=O. The number of imide groups is 1. The van der Waals surface area contributed by atoms with Crippen LogP contribution >= 0.6 is 0 Å². The molecule has 3 aliphatic rings. The molecule has 1 atom stereocenters. The Kier molecular flexibility index (Phi) is 3.26. The Bertz CT molecular complexity index is 728. The number of benzene rings is 1. The monoisotopic (exact) mass is 329 g/mol. The number of nitrogens with zero attached hydrogens (tertiary/aromatic N) is 2. The number of hydrogen-bond donors (Lipinski definition) is 1. The quantitative estimate of drug-likeness (QED) is 0.847. The van der Waals surface area contributed by atoms with Gasteiger partial charge in [0, 0.05) is 6.54 Å². The average molecular weight is 329 g/mol. The van der Waals surface area contributed by atoms with E-state index in [2.05, 4.69) is 5.32 Å². The molecule has 1 aromatic rings. The molecule has 4 amide bonds. The van der Waals surface area contributed by atoms with E-state index in [9.17, 15) is 14.4 Å². The summed E-state index contributed by atoms with van der Waals surface area (Å²) in [6, 6.07) is 6.07. The lowest BCUT2D eigenvalue weighted by Crippen LogP contribution is -2.53. The zero-order chi connectivity index (χ0) is 16.9. The van der Waals surface area contributed by atoms with Crippen molar-refractivity contribution in [3.63, 3.8) is 0 Å². The zero-order valence-corrected chi connectivity index (χ0v) is 13.4. The Morgan fingerprint density at radius 3 is 2.58 bits per heavy atom. The van der Waals surface area contributed by atoms with Gasteiger partial charge in [0.1, 0.15) is 17.3 Å². The minimum Gasteiger partial charge on any atom is -0.495 e. The zero-order valence-electron chi connectivity index (χ0n) is 13.4. The number of urea groups is 1. The van der Waals surface area contributed by atoms with Gasteiger partial charge < -0.3 is 15.0 Å². The lowest BCUT2D eigenvalue weighted by Gasteiger charge is -2.35. The van der Waals surface area contributed by atoms with Crippen molar-refractivity contribution in [2.75, 3.05) is 18.6 Å². The summed E-state index contributed by atoms with van der Waals surface area (Å²) in [5.41, 5.74) is -0.0900. The smallest absolute Gasteiger partial charge is 0.325 e. The number of nitrogens with one attached hydrogen (secondary N) is 1. The highest BCUT2D eigenvalue weighted by Gasteiger charge is 2.58. The molecule has 1 unspecified atom stereocenters. The van der Waals surface area contributed by atoms with E-state index < -0.39 is 17.6 Å². The van der Waals surface area contributed by atoms with Gasteiger partial charge in [-0.15, -0.1) is 0 Å². The predicted octanol–water partition coefficient (Wildman–Crippen LogP) is 1.27. The summed E-state index contributed by atoms with van der Waals surface area (Å²) in [5.74, 6) is 0.109. The van der Waals surface area contributed by atoms with E-state index in [0.29, 0.717) is 37.2 Å². The van der Waals surface area contributed by atoms with Crippen molar-refractivity contribution < 1.29 is 19.1 Å². The summed E-state index contributed by atoms with van der Waals surface area (Å²) < 4.78 is 5.31. The Hall–Kier alpha value is -2.57. The highest BCUT2D eigenvalue weighted by molar-refractivity contribution is 6.13. The van der Waals surface area contributed by atoms with Gasteiger partial charge in [-0.05, 0) is 37.8 Å². The van der Waals surface area contributed by atoms with Crippen molar-refractivity contribution in [2.45, 2.75) is 37.3 Å².